The Morgan fingerprint density at radius 2 is 2.35 bits per heavy atom. The molecule has 1 amide bonds. The third-order valence-corrected chi connectivity index (χ3v) is 3.74. The molecule has 1 heterocycles. The van der Waals surface area contributed by atoms with Crippen LogP contribution in [0.3, 0.4) is 0 Å². The number of methoxy groups -OCH3 is 1. The van der Waals surface area contributed by atoms with Crippen molar-refractivity contribution >= 4 is 11.9 Å². The Hall–Kier alpha value is -1.36. The van der Waals surface area contributed by atoms with Gasteiger partial charge in [-0.05, 0) is 6.42 Å². The molecule has 0 unspecified atom stereocenters. The Morgan fingerprint density at radius 3 is 2.94 bits per heavy atom. The molecule has 5 nitrogen and oxygen atoms in total. The number of hydrogen-bond donors (Lipinski definition) is 1. The number of Topliss-reactive ketones (excluding diaryl/α,β-unsaturated/α-hetero) is 1. The highest BCUT2D eigenvalue weighted by atomic mass is 16.5. The smallest absolute Gasteiger partial charge is 0.410 e. The molecule has 1 aliphatic heterocycles. The van der Waals surface area contributed by atoms with Gasteiger partial charge in [0.2, 0.25) is 0 Å². The quantitative estimate of drug-likeness (QED) is 0.721. The number of ether oxygens (including phenoxy) is 1. The van der Waals surface area contributed by atoms with Crippen LogP contribution in [0.2, 0.25) is 0 Å². The van der Waals surface area contributed by atoms with Crippen LogP contribution in [0.15, 0.2) is 12.7 Å². The predicted octanol–water partition coefficient (Wildman–Crippen LogP) is 0.722. The van der Waals surface area contributed by atoms with Crippen LogP contribution in [0, 0.1) is 5.92 Å². The fourth-order valence-corrected chi connectivity index (χ4v) is 3.02. The van der Waals surface area contributed by atoms with Crippen molar-refractivity contribution in [2.24, 2.45) is 5.92 Å². The largest absolute Gasteiger partial charge is 0.453 e. The van der Waals surface area contributed by atoms with Crippen LogP contribution in [0.25, 0.3) is 0 Å². The highest BCUT2D eigenvalue weighted by molar-refractivity contribution is 5.83. The Bertz CT molecular complexity index is 354. The number of hydrogen-bond acceptors (Lipinski definition) is 4. The monoisotopic (exact) mass is 239 g/mol. The summed E-state index contributed by atoms with van der Waals surface area (Å²) in [7, 11) is 1.31. The van der Waals surface area contributed by atoms with Gasteiger partial charge in [0.25, 0.3) is 0 Å². The number of carbonyl (C=O) groups excluding carboxylic acids is 2. The summed E-state index contributed by atoms with van der Waals surface area (Å²) in [5.41, 5.74) is 0. The molecule has 4 atom stereocenters. The van der Waals surface area contributed by atoms with E-state index in [2.05, 4.69) is 6.58 Å². The molecule has 0 radical (unpaired) electrons. The third kappa shape index (κ3) is 1.84. The van der Waals surface area contributed by atoms with Crippen LogP contribution in [-0.2, 0) is 9.53 Å². The second-order valence-electron chi connectivity index (χ2n) is 4.64. The zero-order valence-corrected chi connectivity index (χ0v) is 9.83. The van der Waals surface area contributed by atoms with E-state index in [0.717, 1.165) is 0 Å². The maximum absolute atomic E-state index is 11.7. The molecular weight excluding hydrogens is 222 g/mol. The van der Waals surface area contributed by atoms with Crippen molar-refractivity contribution in [1.29, 1.82) is 0 Å². The van der Waals surface area contributed by atoms with Crippen molar-refractivity contribution in [3.05, 3.63) is 12.7 Å². The van der Waals surface area contributed by atoms with E-state index in [9.17, 15) is 14.7 Å². The molecule has 2 rings (SSSR count). The van der Waals surface area contributed by atoms with Gasteiger partial charge in [0.15, 0.2) is 0 Å². The van der Waals surface area contributed by atoms with E-state index in [1.54, 1.807) is 6.08 Å². The summed E-state index contributed by atoms with van der Waals surface area (Å²) >= 11 is 0. The molecule has 0 aromatic rings. The summed E-state index contributed by atoms with van der Waals surface area (Å²) < 4.78 is 4.73. The average Bonchev–Trinajstić information content (AvgIpc) is 2.48. The van der Waals surface area contributed by atoms with Gasteiger partial charge in [-0.1, -0.05) is 6.08 Å². The molecule has 0 aromatic carbocycles. The molecule has 2 bridgehead atoms. The van der Waals surface area contributed by atoms with E-state index < -0.39 is 18.2 Å². The number of carbonyl (C=O) groups is 2. The lowest BCUT2D eigenvalue weighted by Crippen LogP contribution is -2.44. The van der Waals surface area contributed by atoms with Gasteiger partial charge in [0.05, 0.1) is 19.3 Å². The zero-order chi connectivity index (χ0) is 12.6. The normalized spacial score (nSPS) is 35.9. The van der Waals surface area contributed by atoms with Gasteiger partial charge in [0.1, 0.15) is 5.78 Å². The minimum atomic E-state index is -0.628. The molecule has 0 spiro atoms. The minimum absolute atomic E-state index is 0.103. The van der Waals surface area contributed by atoms with Crippen LogP contribution in [0.1, 0.15) is 19.3 Å². The van der Waals surface area contributed by atoms with Gasteiger partial charge in [-0.3, -0.25) is 9.69 Å². The first-order chi connectivity index (χ1) is 8.10. The highest BCUT2D eigenvalue weighted by Gasteiger charge is 2.54. The van der Waals surface area contributed by atoms with Crippen LogP contribution in [-0.4, -0.2) is 47.2 Å². The van der Waals surface area contributed by atoms with E-state index >= 15 is 0 Å². The second kappa shape index (κ2) is 4.49. The summed E-state index contributed by atoms with van der Waals surface area (Å²) in [5, 5.41) is 10.1. The molecule has 2 fully saturated rings. The maximum atomic E-state index is 11.7. The Labute approximate surface area is 100 Å². The lowest BCUT2D eigenvalue weighted by molar-refractivity contribution is -0.124. The van der Waals surface area contributed by atoms with Gasteiger partial charge in [-0.25, -0.2) is 4.79 Å². The molecule has 94 valence electrons. The first-order valence-corrected chi connectivity index (χ1v) is 5.77. The van der Waals surface area contributed by atoms with Crippen molar-refractivity contribution in [3.8, 4) is 0 Å². The van der Waals surface area contributed by atoms with Crippen LogP contribution < -0.4 is 0 Å². The van der Waals surface area contributed by atoms with Crippen molar-refractivity contribution in [2.45, 2.75) is 37.5 Å². The number of rotatable bonds is 2. The number of ketones is 1. The van der Waals surface area contributed by atoms with Crippen molar-refractivity contribution in [3.63, 3.8) is 0 Å². The van der Waals surface area contributed by atoms with E-state index in [1.807, 2.05) is 0 Å². The lowest BCUT2D eigenvalue weighted by atomic mass is 9.83. The molecule has 0 aromatic heterocycles. The van der Waals surface area contributed by atoms with Crippen LogP contribution in [0.5, 0.6) is 0 Å². The van der Waals surface area contributed by atoms with Crippen LogP contribution in [0.4, 0.5) is 4.79 Å². The Balaban J connectivity index is 2.31. The van der Waals surface area contributed by atoms with E-state index in [0.29, 0.717) is 12.8 Å². The van der Waals surface area contributed by atoms with Crippen LogP contribution >= 0.6 is 0 Å². The maximum Gasteiger partial charge on any atom is 0.410 e. The van der Waals surface area contributed by atoms with Gasteiger partial charge >= 0.3 is 6.09 Å². The predicted molar refractivity (Wildman–Crippen MR) is 60.4 cm³/mol. The van der Waals surface area contributed by atoms with Gasteiger partial charge < -0.3 is 9.84 Å². The fourth-order valence-electron chi connectivity index (χ4n) is 3.02. The van der Waals surface area contributed by atoms with Crippen molar-refractivity contribution in [2.75, 3.05) is 7.11 Å². The first kappa shape index (κ1) is 12.1. The molecular formula is C12H17NO4. The Kier molecular flexibility index (Phi) is 3.19. The topological polar surface area (TPSA) is 66.8 Å². The van der Waals surface area contributed by atoms with E-state index in [-0.39, 0.29) is 24.2 Å². The molecule has 1 aliphatic carbocycles. The van der Waals surface area contributed by atoms with E-state index in [1.165, 1.54) is 12.0 Å². The van der Waals surface area contributed by atoms with E-state index in [4.69, 9.17) is 4.74 Å². The van der Waals surface area contributed by atoms with Gasteiger partial charge in [-0.2, -0.15) is 0 Å². The summed E-state index contributed by atoms with van der Waals surface area (Å²) in [4.78, 5) is 24.8. The Morgan fingerprint density at radius 1 is 1.65 bits per heavy atom. The fraction of sp³-hybridized carbons (Fsp3) is 0.667. The molecule has 1 saturated carbocycles. The molecule has 1 N–H and O–H groups in total. The first-order valence-electron chi connectivity index (χ1n) is 5.77. The van der Waals surface area contributed by atoms with Gasteiger partial charge in [-0.15, -0.1) is 6.58 Å². The third-order valence-electron chi connectivity index (χ3n) is 3.74. The minimum Gasteiger partial charge on any atom is -0.453 e. The summed E-state index contributed by atoms with van der Waals surface area (Å²) in [6.45, 7) is 3.66. The zero-order valence-electron chi connectivity index (χ0n) is 9.83. The average molecular weight is 239 g/mol. The molecule has 5 heteroatoms. The SMILES string of the molecule is C=CC[C@@H]1[C@H]2CC(=O)C[C@H]([C@H]2O)N1C(=O)OC. The molecule has 2 aliphatic rings. The highest BCUT2D eigenvalue weighted by Crippen LogP contribution is 2.40. The number of likely N-dealkylation sites (tertiary alicyclic amines) is 1. The standard InChI is InChI=1S/C12H17NO4/c1-3-4-9-8-5-7(14)6-10(11(8)15)13(9)12(16)17-2/h3,8-11,15H,1,4-6H2,2H3/t8-,9-,10-,11+/m1/s1. The lowest BCUT2D eigenvalue weighted by Gasteiger charge is -2.27. The van der Waals surface area contributed by atoms with Gasteiger partial charge in [0, 0.05) is 24.8 Å². The molecule has 17 heavy (non-hydrogen) atoms. The number of fused-ring (bicyclic) bond motifs is 2. The van der Waals surface area contributed by atoms with Crippen molar-refractivity contribution < 1.29 is 19.4 Å². The number of amides is 1. The second-order valence-corrected chi connectivity index (χ2v) is 4.64. The van der Waals surface area contributed by atoms with Crippen molar-refractivity contribution in [1.82, 2.24) is 4.90 Å². The molecule has 1 saturated heterocycles. The summed E-state index contributed by atoms with van der Waals surface area (Å²) in [6, 6.07) is -0.606. The number of aliphatic hydroxyl groups is 1. The number of aliphatic hydroxyl groups excluding tert-OH is 1. The number of nitrogens with zero attached hydrogens (tertiary/aromatic N) is 1. The summed E-state index contributed by atoms with van der Waals surface area (Å²) in [5.74, 6) is -0.0795. The summed E-state index contributed by atoms with van der Waals surface area (Å²) in [6.07, 6.45) is 1.73.